The van der Waals surface area contributed by atoms with Gasteiger partial charge >= 0.3 is 0 Å². The average Bonchev–Trinajstić information content (AvgIpc) is 2.93. The lowest BCUT2D eigenvalue weighted by Gasteiger charge is -2.10. The van der Waals surface area contributed by atoms with E-state index in [9.17, 15) is 0 Å². The summed E-state index contributed by atoms with van der Waals surface area (Å²) in [6, 6.07) is 11.1. The molecule has 5 nitrogen and oxygen atoms in total. The van der Waals surface area contributed by atoms with Crippen molar-refractivity contribution in [2.24, 2.45) is 0 Å². The Bertz CT molecular complexity index is 798. The second-order valence-corrected chi connectivity index (χ2v) is 5.91. The standard InChI is InChI=1S/C14H11BrClN5/c1-8-12(6-9(15)7-13(8)17)14-18-19-20-21(14)11-4-2-10(16)3-5-11/h2-7H,17H2,1H3. The Morgan fingerprint density at radius 1 is 1.19 bits per heavy atom. The van der Waals surface area contributed by atoms with Gasteiger partial charge in [0, 0.05) is 20.7 Å². The molecule has 0 aliphatic rings. The number of aromatic nitrogens is 4. The quantitative estimate of drug-likeness (QED) is 0.705. The summed E-state index contributed by atoms with van der Waals surface area (Å²) in [6.07, 6.45) is 0. The molecule has 2 aromatic carbocycles. The zero-order chi connectivity index (χ0) is 15.0. The molecule has 2 N–H and O–H groups in total. The summed E-state index contributed by atoms with van der Waals surface area (Å²) in [5.74, 6) is 0.628. The minimum atomic E-state index is 0.628. The lowest BCUT2D eigenvalue weighted by atomic mass is 10.1. The molecule has 0 saturated heterocycles. The Kier molecular flexibility index (Phi) is 3.65. The van der Waals surface area contributed by atoms with Crippen molar-refractivity contribution >= 4 is 33.2 Å². The maximum absolute atomic E-state index is 6.01. The second kappa shape index (κ2) is 5.46. The van der Waals surface area contributed by atoms with E-state index in [1.54, 1.807) is 16.8 Å². The molecule has 0 saturated carbocycles. The molecule has 0 unspecified atom stereocenters. The molecule has 21 heavy (non-hydrogen) atoms. The lowest BCUT2D eigenvalue weighted by molar-refractivity contribution is 0.791. The molecule has 0 aliphatic carbocycles. The van der Waals surface area contributed by atoms with Gasteiger partial charge in [-0.25, -0.2) is 0 Å². The number of anilines is 1. The van der Waals surface area contributed by atoms with E-state index in [0.717, 1.165) is 21.3 Å². The van der Waals surface area contributed by atoms with Gasteiger partial charge in [0.25, 0.3) is 0 Å². The highest BCUT2D eigenvalue weighted by Gasteiger charge is 2.15. The van der Waals surface area contributed by atoms with Crippen molar-refractivity contribution in [3.8, 4) is 17.1 Å². The SMILES string of the molecule is Cc1c(N)cc(Br)cc1-c1nnnn1-c1ccc(Cl)cc1. The smallest absolute Gasteiger partial charge is 0.187 e. The lowest BCUT2D eigenvalue weighted by Crippen LogP contribution is -2.02. The van der Waals surface area contributed by atoms with Crippen LogP contribution in [0, 0.1) is 6.92 Å². The normalized spacial score (nSPS) is 10.8. The molecule has 106 valence electrons. The number of tetrazole rings is 1. The fraction of sp³-hybridized carbons (Fsp3) is 0.0714. The average molecular weight is 365 g/mol. The monoisotopic (exact) mass is 363 g/mol. The molecule has 0 amide bonds. The van der Waals surface area contributed by atoms with Gasteiger partial charge in [-0.3, -0.25) is 0 Å². The highest BCUT2D eigenvalue weighted by atomic mass is 79.9. The Morgan fingerprint density at radius 2 is 1.90 bits per heavy atom. The summed E-state index contributed by atoms with van der Waals surface area (Å²) in [6.45, 7) is 1.94. The number of nitrogen functional groups attached to an aromatic ring is 1. The third kappa shape index (κ3) is 2.64. The summed E-state index contributed by atoms with van der Waals surface area (Å²) in [4.78, 5) is 0. The zero-order valence-corrected chi connectivity index (χ0v) is 13.4. The van der Waals surface area contributed by atoms with Gasteiger partial charge in [-0.15, -0.1) is 5.10 Å². The van der Waals surface area contributed by atoms with E-state index in [0.29, 0.717) is 16.5 Å². The number of hydrogen-bond donors (Lipinski definition) is 1. The Hall–Kier alpha value is -1.92. The number of nitrogens with two attached hydrogens (primary N) is 1. The Balaban J connectivity index is 2.18. The van der Waals surface area contributed by atoms with Crippen molar-refractivity contribution in [3.05, 3.63) is 51.5 Å². The van der Waals surface area contributed by atoms with Crippen LogP contribution in [0.1, 0.15) is 5.56 Å². The second-order valence-electron chi connectivity index (χ2n) is 4.56. The van der Waals surface area contributed by atoms with E-state index >= 15 is 0 Å². The molecule has 0 spiro atoms. The molecule has 1 heterocycles. The van der Waals surface area contributed by atoms with Crippen molar-refractivity contribution in [2.45, 2.75) is 6.92 Å². The van der Waals surface area contributed by atoms with Crippen LogP contribution in [0.2, 0.25) is 5.02 Å². The molecule has 0 radical (unpaired) electrons. The fourth-order valence-electron chi connectivity index (χ4n) is 2.04. The van der Waals surface area contributed by atoms with Crippen molar-refractivity contribution < 1.29 is 0 Å². The van der Waals surface area contributed by atoms with Gasteiger partial charge in [-0.2, -0.15) is 4.68 Å². The van der Waals surface area contributed by atoms with E-state index in [2.05, 4.69) is 31.5 Å². The minimum absolute atomic E-state index is 0.628. The third-order valence-corrected chi connectivity index (χ3v) is 3.90. The van der Waals surface area contributed by atoms with E-state index < -0.39 is 0 Å². The van der Waals surface area contributed by atoms with Crippen molar-refractivity contribution in [1.82, 2.24) is 20.2 Å². The third-order valence-electron chi connectivity index (χ3n) is 3.19. The molecule has 7 heteroatoms. The van der Waals surface area contributed by atoms with Crippen molar-refractivity contribution in [1.29, 1.82) is 0 Å². The van der Waals surface area contributed by atoms with Gasteiger partial charge in [0.2, 0.25) is 0 Å². The van der Waals surface area contributed by atoms with E-state index in [4.69, 9.17) is 17.3 Å². The van der Waals surface area contributed by atoms with Crippen LogP contribution in [0.3, 0.4) is 0 Å². The first-order valence-corrected chi connectivity index (χ1v) is 7.33. The van der Waals surface area contributed by atoms with Gasteiger partial charge in [-0.05, 0) is 59.3 Å². The number of hydrogen-bond acceptors (Lipinski definition) is 4. The molecule has 0 atom stereocenters. The van der Waals surface area contributed by atoms with Gasteiger partial charge in [-0.1, -0.05) is 27.5 Å². The van der Waals surface area contributed by atoms with Crippen LogP contribution in [0.5, 0.6) is 0 Å². The predicted molar refractivity (Wildman–Crippen MR) is 86.4 cm³/mol. The highest BCUT2D eigenvalue weighted by molar-refractivity contribution is 9.10. The minimum Gasteiger partial charge on any atom is -0.398 e. The molecule has 0 aliphatic heterocycles. The van der Waals surface area contributed by atoms with E-state index in [1.165, 1.54) is 0 Å². The number of benzene rings is 2. The molecule has 1 aromatic heterocycles. The number of nitrogens with zero attached hydrogens (tertiary/aromatic N) is 4. The Labute approximate surface area is 134 Å². The first-order chi connectivity index (χ1) is 10.1. The van der Waals surface area contributed by atoms with E-state index in [1.807, 2.05) is 31.2 Å². The zero-order valence-electron chi connectivity index (χ0n) is 11.1. The van der Waals surface area contributed by atoms with Gasteiger partial charge < -0.3 is 5.73 Å². The van der Waals surface area contributed by atoms with Crippen LogP contribution in [0.25, 0.3) is 17.1 Å². The maximum Gasteiger partial charge on any atom is 0.187 e. The number of rotatable bonds is 2. The Morgan fingerprint density at radius 3 is 2.62 bits per heavy atom. The van der Waals surface area contributed by atoms with Gasteiger partial charge in [0.05, 0.1) is 5.69 Å². The highest BCUT2D eigenvalue weighted by Crippen LogP contribution is 2.30. The first kappa shape index (κ1) is 14.0. The molecule has 3 aromatic rings. The summed E-state index contributed by atoms with van der Waals surface area (Å²) in [7, 11) is 0. The molecular weight excluding hydrogens is 354 g/mol. The topological polar surface area (TPSA) is 69.6 Å². The molecular formula is C14H11BrClN5. The van der Waals surface area contributed by atoms with Gasteiger partial charge in [0.1, 0.15) is 0 Å². The fourth-order valence-corrected chi connectivity index (χ4v) is 2.65. The molecule has 0 bridgehead atoms. The van der Waals surface area contributed by atoms with Crippen LogP contribution in [-0.4, -0.2) is 20.2 Å². The molecule has 0 fully saturated rings. The summed E-state index contributed by atoms with van der Waals surface area (Å²) < 4.78 is 2.54. The van der Waals surface area contributed by atoms with Crippen molar-refractivity contribution in [3.63, 3.8) is 0 Å². The molecule has 3 rings (SSSR count). The van der Waals surface area contributed by atoms with Crippen molar-refractivity contribution in [2.75, 3.05) is 5.73 Å². The van der Waals surface area contributed by atoms with Crippen LogP contribution in [0.15, 0.2) is 40.9 Å². The maximum atomic E-state index is 6.01. The summed E-state index contributed by atoms with van der Waals surface area (Å²) in [5, 5.41) is 12.6. The number of halogens is 2. The first-order valence-electron chi connectivity index (χ1n) is 6.16. The predicted octanol–water partition coefficient (Wildman–Crippen LogP) is 3.64. The summed E-state index contributed by atoms with van der Waals surface area (Å²) in [5.41, 5.74) is 9.34. The van der Waals surface area contributed by atoms with Crippen LogP contribution >= 0.6 is 27.5 Å². The summed E-state index contributed by atoms with van der Waals surface area (Å²) >= 11 is 9.36. The van der Waals surface area contributed by atoms with Crippen LogP contribution < -0.4 is 5.73 Å². The van der Waals surface area contributed by atoms with Crippen LogP contribution in [-0.2, 0) is 0 Å². The van der Waals surface area contributed by atoms with Crippen LogP contribution in [0.4, 0.5) is 5.69 Å². The van der Waals surface area contributed by atoms with E-state index in [-0.39, 0.29) is 0 Å². The largest absolute Gasteiger partial charge is 0.398 e. The van der Waals surface area contributed by atoms with Gasteiger partial charge in [0.15, 0.2) is 5.82 Å².